The molecule has 2 nitrogen and oxygen atoms in total. The quantitative estimate of drug-likeness (QED) is 0.616. The summed E-state index contributed by atoms with van der Waals surface area (Å²) in [6.45, 7) is 9.28. The highest BCUT2D eigenvalue weighted by molar-refractivity contribution is 5.92. The van der Waals surface area contributed by atoms with E-state index < -0.39 is 0 Å². The molecule has 0 spiro atoms. The van der Waals surface area contributed by atoms with Crippen LogP contribution >= 0.6 is 0 Å². The maximum atomic E-state index is 10.9. The zero-order chi connectivity index (χ0) is 8.85. The van der Waals surface area contributed by atoms with E-state index in [9.17, 15) is 4.79 Å². The van der Waals surface area contributed by atoms with Crippen LogP contribution in [0.2, 0.25) is 0 Å². The molecule has 0 aromatic heterocycles. The third kappa shape index (κ3) is 5.40. The maximum Gasteiger partial charge on any atom is 0.250 e. The average molecular weight is 153 g/mol. The van der Waals surface area contributed by atoms with Crippen LogP contribution in [0.3, 0.4) is 0 Å². The molecule has 0 aliphatic rings. The van der Waals surface area contributed by atoms with Crippen molar-refractivity contribution in [1.82, 2.24) is 5.32 Å². The lowest BCUT2D eigenvalue weighted by Crippen LogP contribution is -2.17. The lowest BCUT2D eigenvalue weighted by molar-refractivity contribution is -0.116. The van der Waals surface area contributed by atoms with Gasteiger partial charge in [-0.25, -0.2) is 0 Å². The van der Waals surface area contributed by atoms with Crippen LogP contribution < -0.4 is 5.32 Å². The van der Waals surface area contributed by atoms with Crippen molar-refractivity contribution >= 4 is 5.91 Å². The summed E-state index contributed by atoms with van der Waals surface area (Å²) >= 11 is 0. The number of amides is 1. The maximum absolute atomic E-state index is 10.9. The van der Waals surface area contributed by atoms with Gasteiger partial charge in [-0.1, -0.05) is 26.5 Å². The molecular formula is C9H15NO. The van der Waals surface area contributed by atoms with E-state index in [1.807, 2.05) is 19.9 Å². The van der Waals surface area contributed by atoms with E-state index in [-0.39, 0.29) is 5.91 Å². The number of rotatable bonds is 3. The third-order valence-corrected chi connectivity index (χ3v) is 1.08. The van der Waals surface area contributed by atoms with Gasteiger partial charge in [-0.15, -0.1) is 0 Å². The van der Waals surface area contributed by atoms with Crippen molar-refractivity contribution < 1.29 is 4.79 Å². The zero-order valence-electron chi connectivity index (χ0n) is 7.35. The Bertz CT molecular complexity index is 180. The van der Waals surface area contributed by atoms with Crippen molar-refractivity contribution in [3.8, 4) is 0 Å². The largest absolute Gasteiger partial charge is 0.329 e. The first-order chi connectivity index (χ1) is 5.04. The molecule has 0 unspecified atom stereocenters. The molecule has 0 heterocycles. The van der Waals surface area contributed by atoms with E-state index in [0.29, 0.717) is 11.5 Å². The summed E-state index contributed by atoms with van der Waals surface area (Å²) in [4.78, 5) is 10.9. The number of allylic oxidation sites excluding steroid dienone is 1. The Labute approximate surface area is 68.0 Å². The number of nitrogens with one attached hydrogen (secondary N) is 1. The van der Waals surface area contributed by atoms with Crippen LogP contribution in [0.15, 0.2) is 24.4 Å². The first-order valence-electron chi connectivity index (χ1n) is 3.67. The minimum atomic E-state index is -0.123. The van der Waals surface area contributed by atoms with Crippen molar-refractivity contribution in [2.24, 2.45) is 5.92 Å². The summed E-state index contributed by atoms with van der Waals surface area (Å²) in [6.07, 6.45) is 3.57. The highest BCUT2D eigenvalue weighted by Gasteiger charge is 1.95. The standard InChI is InChI=1S/C9H15NO/c1-7(2)5-6-10-9(11)8(3)4/h5-7H,3H2,1-2,4H3,(H,10,11)/b6-5+. The van der Waals surface area contributed by atoms with Crippen LogP contribution in [0.25, 0.3) is 0 Å². The third-order valence-electron chi connectivity index (χ3n) is 1.08. The van der Waals surface area contributed by atoms with Gasteiger partial charge in [0.2, 0.25) is 5.91 Å². The fourth-order valence-corrected chi connectivity index (χ4v) is 0.439. The lowest BCUT2D eigenvalue weighted by atomic mass is 10.2. The number of carbonyl (C=O) groups excluding carboxylic acids is 1. The fraction of sp³-hybridized carbons (Fsp3) is 0.444. The molecule has 0 aromatic rings. The topological polar surface area (TPSA) is 29.1 Å². The average Bonchev–Trinajstić information content (AvgIpc) is 1.86. The molecule has 0 bridgehead atoms. The molecule has 62 valence electrons. The Kier molecular flexibility index (Phi) is 4.27. The molecule has 11 heavy (non-hydrogen) atoms. The lowest BCUT2D eigenvalue weighted by Gasteiger charge is -1.97. The molecule has 0 aliphatic carbocycles. The van der Waals surface area contributed by atoms with E-state index in [1.165, 1.54) is 0 Å². The van der Waals surface area contributed by atoms with Gasteiger partial charge in [0.15, 0.2) is 0 Å². The van der Waals surface area contributed by atoms with E-state index in [2.05, 4.69) is 11.9 Å². The van der Waals surface area contributed by atoms with Gasteiger partial charge in [-0.2, -0.15) is 0 Å². The highest BCUT2D eigenvalue weighted by atomic mass is 16.1. The van der Waals surface area contributed by atoms with Crippen molar-refractivity contribution in [2.45, 2.75) is 20.8 Å². The molecule has 1 N–H and O–H groups in total. The molecule has 0 fully saturated rings. The van der Waals surface area contributed by atoms with E-state index >= 15 is 0 Å². The molecule has 0 atom stereocenters. The predicted octanol–water partition coefficient (Wildman–Crippen LogP) is 1.85. The van der Waals surface area contributed by atoms with Crippen LogP contribution in [-0.2, 0) is 4.79 Å². The number of hydrogen-bond acceptors (Lipinski definition) is 1. The summed E-state index contributed by atoms with van der Waals surface area (Å²) < 4.78 is 0. The first-order valence-corrected chi connectivity index (χ1v) is 3.67. The molecule has 0 saturated heterocycles. The monoisotopic (exact) mass is 153 g/mol. The van der Waals surface area contributed by atoms with E-state index in [0.717, 1.165) is 0 Å². The van der Waals surface area contributed by atoms with Gasteiger partial charge in [0.1, 0.15) is 0 Å². The van der Waals surface area contributed by atoms with Gasteiger partial charge >= 0.3 is 0 Å². The van der Waals surface area contributed by atoms with Crippen molar-refractivity contribution in [1.29, 1.82) is 0 Å². The van der Waals surface area contributed by atoms with Gasteiger partial charge in [-0.05, 0) is 12.8 Å². The molecule has 0 rings (SSSR count). The van der Waals surface area contributed by atoms with Crippen LogP contribution in [0.5, 0.6) is 0 Å². The van der Waals surface area contributed by atoms with Crippen LogP contribution in [0, 0.1) is 5.92 Å². The van der Waals surface area contributed by atoms with Crippen LogP contribution in [0.1, 0.15) is 20.8 Å². The first kappa shape index (κ1) is 9.95. The number of carbonyl (C=O) groups is 1. The van der Waals surface area contributed by atoms with Gasteiger partial charge in [0, 0.05) is 11.8 Å². The Hall–Kier alpha value is -1.05. The van der Waals surface area contributed by atoms with Crippen molar-refractivity contribution in [3.05, 3.63) is 24.4 Å². The Morgan fingerprint density at radius 2 is 2.09 bits per heavy atom. The molecule has 1 amide bonds. The summed E-state index contributed by atoms with van der Waals surface area (Å²) in [5.41, 5.74) is 0.526. The van der Waals surface area contributed by atoms with Crippen LogP contribution in [-0.4, -0.2) is 5.91 Å². The number of hydrogen-bond donors (Lipinski definition) is 1. The Morgan fingerprint density at radius 1 is 1.55 bits per heavy atom. The fourth-order valence-electron chi connectivity index (χ4n) is 0.439. The summed E-state index contributed by atoms with van der Waals surface area (Å²) in [5, 5.41) is 2.59. The van der Waals surface area contributed by atoms with Crippen molar-refractivity contribution in [2.75, 3.05) is 0 Å². The second-order valence-electron chi connectivity index (χ2n) is 2.86. The van der Waals surface area contributed by atoms with E-state index in [1.54, 1.807) is 13.1 Å². The minimum absolute atomic E-state index is 0.123. The molecule has 0 aromatic carbocycles. The second kappa shape index (κ2) is 4.72. The van der Waals surface area contributed by atoms with E-state index in [4.69, 9.17) is 0 Å². The Morgan fingerprint density at radius 3 is 2.45 bits per heavy atom. The Balaban J connectivity index is 3.71. The minimum Gasteiger partial charge on any atom is -0.329 e. The van der Waals surface area contributed by atoms with Gasteiger partial charge < -0.3 is 5.32 Å². The SMILES string of the molecule is C=C(C)C(=O)N/C=C/C(C)C. The normalized spacial score (nSPS) is 10.5. The highest BCUT2D eigenvalue weighted by Crippen LogP contribution is 1.92. The predicted molar refractivity (Wildman–Crippen MR) is 46.9 cm³/mol. The summed E-state index contributed by atoms with van der Waals surface area (Å²) in [7, 11) is 0. The molecule has 0 aliphatic heterocycles. The smallest absolute Gasteiger partial charge is 0.250 e. The van der Waals surface area contributed by atoms with Crippen molar-refractivity contribution in [3.63, 3.8) is 0 Å². The molecule has 0 radical (unpaired) electrons. The summed E-state index contributed by atoms with van der Waals surface area (Å²) in [6, 6.07) is 0. The molecular weight excluding hydrogens is 138 g/mol. The van der Waals surface area contributed by atoms with Gasteiger partial charge in [0.05, 0.1) is 0 Å². The molecule has 2 heteroatoms. The zero-order valence-corrected chi connectivity index (χ0v) is 7.35. The molecule has 0 saturated carbocycles. The van der Waals surface area contributed by atoms with Gasteiger partial charge in [0.25, 0.3) is 0 Å². The van der Waals surface area contributed by atoms with Crippen LogP contribution in [0.4, 0.5) is 0 Å². The second-order valence-corrected chi connectivity index (χ2v) is 2.86. The van der Waals surface area contributed by atoms with Gasteiger partial charge in [-0.3, -0.25) is 4.79 Å². The summed E-state index contributed by atoms with van der Waals surface area (Å²) in [5.74, 6) is 0.335.